The third kappa shape index (κ3) is 6.24. The number of carbonyl (C=O) groups is 2. The highest BCUT2D eigenvalue weighted by Gasteiger charge is 2.27. The molecule has 1 aromatic carbocycles. The highest BCUT2D eigenvalue weighted by Crippen LogP contribution is 2.23. The lowest BCUT2D eigenvalue weighted by atomic mass is 10.1. The van der Waals surface area contributed by atoms with Crippen molar-refractivity contribution < 1.29 is 14.3 Å². The molecule has 1 aromatic heterocycles. The lowest BCUT2D eigenvalue weighted by Crippen LogP contribution is -2.48. The zero-order chi connectivity index (χ0) is 24.7. The van der Waals surface area contributed by atoms with Crippen LogP contribution in [0.2, 0.25) is 0 Å². The van der Waals surface area contributed by atoms with E-state index in [0.717, 1.165) is 42.2 Å². The molecule has 8 nitrogen and oxygen atoms in total. The summed E-state index contributed by atoms with van der Waals surface area (Å²) in [5.41, 5.74) is 1.74. The zero-order valence-electron chi connectivity index (χ0n) is 21.0. The highest BCUT2D eigenvalue weighted by molar-refractivity contribution is 5.86. The molecule has 184 valence electrons. The van der Waals surface area contributed by atoms with Crippen LogP contribution in [-0.4, -0.2) is 77.7 Å². The number of methoxy groups -OCH3 is 1. The molecule has 1 aliphatic heterocycles. The van der Waals surface area contributed by atoms with Gasteiger partial charge < -0.3 is 19.4 Å². The summed E-state index contributed by atoms with van der Waals surface area (Å²) >= 11 is 0. The number of hydrogen-bond acceptors (Lipinski definition) is 6. The second kappa shape index (κ2) is 11.8. The average molecular weight is 468 g/mol. The van der Waals surface area contributed by atoms with Gasteiger partial charge in [-0.15, -0.1) is 10.2 Å². The van der Waals surface area contributed by atoms with Crippen LogP contribution in [0, 0.1) is 5.92 Å². The Morgan fingerprint density at radius 3 is 2.50 bits per heavy atom. The van der Waals surface area contributed by atoms with E-state index in [1.54, 1.807) is 12.0 Å². The minimum atomic E-state index is -0.125. The Morgan fingerprint density at radius 2 is 1.85 bits per heavy atom. The monoisotopic (exact) mass is 467 g/mol. The molecule has 1 aliphatic rings. The molecule has 0 unspecified atom stereocenters. The van der Waals surface area contributed by atoms with E-state index in [1.165, 1.54) is 0 Å². The standard InChI is InChI=1S/C26H37N5O3/c1-6-20(4)31(26(33)19(2)3)18-25(32)30-14-8-13-29(15-16-30)24-12-11-23(27-28-24)21-9-7-10-22(17-21)34-5/h7,9-12,17,19-20H,6,8,13-16,18H2,1-5H3/t20-/m1/s1. The first-order valence-electron chi connectivity index (χ1n) is 12.1. The molecule has 0 aliphatic carbocycles. The minimum Gasteiger partial charge on any atom is -0.497 e. The van der Waals surface area contributed by atoms with E-state index in [4.69, 9.17) is 4.74 Å². The molecule has 3 rings (SSSR count). The number of hydrogen-bond donors (Lipinski definition) is 0. The van der Waals surface area contributed by atoms with Crippen molar-refractivity contribution >= 4 is 17.6 Å². The molecule has 1 fully saturated rings. The Labute approximate surface area is 202 Å². The van der Waals surface area contributed by atoms with Crippen LogP contribution >= 0.6 is 0 Å². The van der Waals surface area contributed by atoms with Crippen LogP contribution in [-0.2, 0) is 9.59 Å². The fourth-order valence-corrected chi connectivity index (χ4v) is 4.07. The third-order valence-corrected chi connectivity index (χ3v) is 6.39. The van der Waals surface area contributed by atoms with E-state index >= 15 is 0 Å². The van der Waals surface area contributed by atoms with Crippen molar-refractivity contribution in [3.63, 3.8) is 0 Å². The largest absolute Gasteiger partial charge is 0.497 e. The highest BCUT2D eigenvalue weighted by atomic mass is 16.5. The normalized spacial score (nSPS) is 15.1. The van der Waals surface area contributed by atoms with Crippen molar-refractivity contribution in [2.24, 2.45) is 5.92 Å². The van der Waals surface area contributed by atoms with Gasteiger partial charge in [-0.25, -0.2) is 0 Å². The molecular weight excluding hydrogens is 430 g/mol. The number of nitrogens with zero attached hydrogens (tertiary/aromatic N) is 5. The smallest absolute Gasteiger partial charge is 0.242 e. The quantitative estimate of drug-likeness (QED) is 0.592. The maximum absolute atomic E-state index is 13.1. The summed E-state index contributed by atoms with van der Waals surface area (Å²) < 4.78 is 5.30. The molecule has 0 N–H and O–H groups in total. The summed E-state index contributed by atoms with van der Waals surface area (Å²) in [6, 6.07) is 11.7. The molecule has 2 heterocycles. The maximum atomic E-state index is 13.1. The lowest BCUT2D eigenvalue weighted by Gasteiger charge is -2.32. The number of amides is 2. The number of anilines is 1. The van der Waals surface area contributed by atoms with Gasteiger partial charge in [0, 0.05) is 43.7 Å². The fraction of sp³-hybridized carbons (Fsp3) is 0.538. The number of ether oxygens (including phenoxy) is 1. The first-order chi connectivity index (χ1) is 16.3. The Balaban J connectivity index is 1.63. The molecule has 1 saturated heterocycles. The van der Waals surface area contributed by atoms with Gasteiger partial charge in [-0.1, -0.05) is 32.9 Å². The van der Waals surface area contributed by atoms with Gasteiger partial charge in [-0.2, -0.15) is 0 Å². The van der Waals surface area contributed by atoms with Crippen LogP contribution in [0.25, 0.3) is 11.3 Å². The third-order valence-electron chi connectivity index (χ3n) is 6.39. The Hall–Kier alpha value is -3.16. The SMILES string of the molecule is CC[C@@H](C)N(CC(=O)N1CCCN(c2ccc(-c3cccc(OC)c3)nn2)CC1)C(=O)C(C)C. The molecule has 34 heavy (non-hydrogen) atoms. The topological polar surface area (TPSA) is 78.9 Å². The maximum Gasteiger partial charge on any atom is 0.242 e. The van der Waals surface area contributed by atoms with Crippen molar-refractivity contribution in [2.75, 3.05) is 44.7 Å². The summed E-state index contributed by atoms with van der Waals surface area (Å²) in [7, 11) is 1.64. The molecule has 0 radical (unpaired) electrons. The zero-order valence-corrected chi connectivity index (χ0v) is 21.0. The number of rotatable bonds is 8. The summed E-state index contributed by atoms with van der Waals surface area (Å²) in [4.78, 5) is 31.5. The van der Waals surface area contributed by atoms with Gasteiger partial charge >= 0.3 is 0 Å². The van der Waals surface area contributed by atoms with E-state index in [2.05, 4.69) is 15.1 Å². The van der Waals surface area contributed by atoms with Gasteiger partial charge in [0.2, 0.25) is 11.8 Å². The van der Waals surface area contributed by atoms with Crippen molar-refractivity contribution in [2.45, 2.75) is 46.6 Å². The van der Waals surface area contributed by atoms with Gasteiger partial charge in [0.1, 0.15) is 5.75 Å². The van der Waals surface area contributed by atoms with Crippen molar-refractivity contribution in [3.05, 3.63) is 36.4 Å². The molecule has 1 atom stereocenters. The van der Waals surface area contributed by atoms with Crippen LogP contribution < -0.4 is 9.64 Å². The summed E-state index contributed by atoms with van der Waals surface area (Å²) in [5.74, 6) is 1.50. The molecular formula is C26H37N5O3. The molecule has 2 aromatic rings. The van der Waals surface area contributed by atoms with Crippen LogP contribution in [0.1, 0.15) is 40.5 Å². The Kier molecular flexibility index (Phi) is 8.85. The van der Waals surface area contributed by atoms with Gasteiger partial charge in [-0.3, -0.25) is 9.59 Å². The van der Waals surface area contributed by atoms with Crippen LogP contribution in [0.3, 0.4) is 0 Å². The second-order valence-corrected chi connectivity index (χ2v) is 9.11. The summed E-state index contributed by atoms with van der Waals surface area (Å²) in [6.07, 6.45) is 1.66. The molecule has 0 spiro atoms. The van der Waals surface area contributed by atoms with E-state index in [0.29, 0.717) is 19.6 Å². The number of carbonyl (C=O) groups excluding carboxylic acids is 2. The fourth-order valence-electron chi connectivity index (χ4n) is 4.07. The lowest BCUT2D eigenvalue weighted by molar-refractivity contribution is -0.144. The van der Waals surface area contributed by atoms with E-state index in [9.17, 15) is 9.59 Å². The number of aromatic nitrogens is 2. The molecule has 0 bridgehead atoms. The first kappa shape index (κ1) is 25.5. The van der Waals surface area contributed by atoms with Crippen LogP contribution in [0.15, 0.2) is 36.4 Å². The molecule has 0 saturated carbocycles. The Bertz CT molecular complexity index is 963. The van der Waals surface area contributed by atoms with Crippen LogP contribution in [0.5, 0.6) is 5.75 Å². The van der Waals surface area contributed by atoms with E-state index in [-0.39, 0.29) is 30.3 Å². The van der Waals surface area contributed by atoms with Gasteiger partial charge in [0.05, 0.1) is 19.3 Å². The number of benzene rings is 1. The van der Waals surface area contributed by atoms with Crippen molar-refractivity contribution in [3.8, 4) is 17.0 Å². The first-order valence-corrected chi connectivity index (χ1v) is 12.1. The van der Waals surface area contributed by atoms with Gasteiger partial charge in [0.15, 0.2) is 5.82 Å². The summed E-state index contributed by atoms with van der Waals surface area (Å²) in [6.45, 7) is 10.7. The predicted molar refractivity (Wildman–Crippen MR) is 134 cm³/mol. The van der Waals surface area contributed by atoms with Gasteiger partial charge in [-0.05, 0) is 44.0 Å². The van der Waals surface area contributed by atoms with E-state index in [1.807, 2.05) is 69.0 Å². The van der Waals surface area contributed by atoms with E-state index < -0.39 is 0 Å². The van der Waals surface area contributed by atoms with Crippen molar-refractivity contribution in [1.29, 1.82) is 0 Å². The molecule has 2 amide bonds. The second-order valence-electron chi connectivity index (χ2n) is 9.11. The van der Waals surface area contributed by atoms with Crippen molar-refractivity contribution in [1.82, 2.24) is 20.0 Å². The summed E-state index contributed by atoms with van der Waals surface area (Å²) in [5, 5.41) is 8.87. The average Bonchev–Trinajstić information content (AvgIpc) is 3.13. The van der Waals surface area contributed by atoms with Crippen LogP contribution in [0.4, 0.5) is 5.82 Å². The minimum absolute atomic E-state index is 0.00982. The Morgan fingerprint density at radius 1 is 1.06 bits per heavy atom. The predicted octanol–water partition coefficient (Wildman–Crippen LogP) is 3.47. The van der Waals surface area contributed by atoms with Gasteiger partial charge in [0.25, 0.3) is 0 Å². The molecule has 8 heteroatoms.